The number of amides is 1. The van der Waals surface area contributed by atoms with Crippen molar-refractivity contribution in [2.75, 3.05) is 23.7 Å². The highest BCUT2D eigenvalue weighted by atomic mass is 32.2. The molecule has 1 N–H and O–H groups in total. The number of benzene rings is 1. The maximum Gasteiger partial charge on any atom is 0.338 e. The van der Waals surface area contributed by atoms with Gasteiger partial charge in [-0.05, 0) is 44.5 Å². The molecule has 0 fully saturated rings. The van der Waals surface area contributed by atoms with Crippen LogP contribution in [0.2, 0.25) is 0 Å². The molecule has 0 saturated carbocycles. The highest BCUT2D eigenvalue weighted by molar-refractivity contribution is 7.92. The van der Waals surface area contributed by atoms with Crippen LogP contribution in [0.25, 0.3) is 0 Å². The van der Waals surface area contributed by atoms with Gasteiger partial charge < -0.3 is 10.1 Å². The highest BCUT2D eigenvalue weighted by Gasteiger charge is 2.21. The van der Waals surface area contributed by atoms with Crippen LogP contribution in [-0.4, -0.2) is 45.7 Å². The zero-order chi connectivity index (χ0) is 18.3. The van der Waals surface area contributed by atoms with Gasteiger partial charge in [-0.3, -0.25) is 9.10 Å². The van der Waals surface area contributed by atoms with E-state index < -0.39 is 16.0 Å². The third-order valence-electron chi connectivity index (χ3n) is 3.37. The van der Waals surface area contributed by atoms with Gasteiger partial charge in [-0.2, -0.15) is 0 Å². The van der Waals surface area contributed by atoms with Crippen molar-refractivity contribution < 1.29 is 22.7 Å². The molecule has 134 valence electrons. The minimum atomic E-state index is -3.64. The Morgan fingerprint density at radius 3 is 2.25 bits per heavy atom. The molecule has 7 nitrogen and oxygen atoms in total. The number of anilines is 1. The summed E-state index contributed by atoms with van der Waals surface area (Å²) in [7, 11) is -3.64. The standard InChI is InChI=1S/C16H24N2O5S/c1-5-12(3)17-15(19)11-18(24(4,21)22)14-9-7-13(8-10-14)16(20)23-6-2/h7-10,12H,5-6,11H2,1-4H3,(H,17,19). The molecule has 8 heteroatoms. The third-order valence-corrected chi connectivity index (χ3v) is 4.51. The second-order valence-corrected chi connectivity index (χ2v) is 7.32. The summed E-state index contributed by atoms with van der Waals surface area (Å²) in [6.07, 6.45) is 1.78. The third kappa shape index (κ3) is 5.84. The van der Waals surface area contributed by atoms with Crippen molar-refractivity contribution in [1.82, 2.24) is 5.32 Å². The number of ether oxygens (including phenoxy) is 1. The largest absolute Gasteiger partial charge is 0.462 e. The summed E-state index contributed by atoms with van der Waals surface area (Å²) in [6.45, 7) is 5.41. The van der Waals surface area contributed by atoms with E-state index in [1.54, 1.807) is 6.92 Å². The molecule has 0 aliphatic heterocycles. The molecule has 1 aromatic carbocycles. The summed E-state index contributed by atoms with van der Waals surface area (Å²) in [6, 6.07) is 5.86. The van der Waals surface area contributed by atoms with E-state index in [1.807, 2.05) is 13.8 Å². The van der Waals surface area contributed by atoms with Crippen molar-refractivity contribution >= 4 is 27.6 Å². The first-order valence-corrected chi connectivity index (χ1v) is 9.58. The topological polar surface area (TPSA) is 92.8 Å². The summed E-state index contributed by atoms with van der Waals surface area (Å²) in [5.41, 5.74) is 0.628. The van der Waals surface area contributed by atoms with E-state index in [1.165, 1.54) is 24.3 Å². The second-order valence-electron chi connectivity index (χ2n) is 5.41. The lowest BCUT2D eigenvalue weighted by Gasteiger charge is -2.23. The van der Waals surface area contributed by atoms with Crippen molar-refractivity contribution in [3.8, 4) is 0 Å². The SMILES string of the molecule is CCOC(=O)c1ccc(N(CC(=O)NC(C)CC)S(C)(=O)=O)cc1. The first-order valence-electron chi connectivity index (χ1n) is 7.73. The van der Waals surface area contributed by atoms with Gasteiger partial charge in [0.1, 0.15) is 6.54 Å². The van der Waals surface area contributed by atoms with Gasteiger partial charge in [0.2, 0.25) is 15.9 Å². The van der Waals surface area contributed by atoms with Crippen LogP contribution in [0.5, 0.6) is 0 Å². The Morgan fingerprint density at radius 1 is 1.21 bits per heavy atom. The van der Waals surface area contributed by atoms with E-state index in [4.69, 9.17) is 4.74 Å². The van der Waals surface area contributed by atoms with Crippen molar-refractivity contribution in [2.45, 2.75) is 33.2 Å². The van der Waals surface area contributed by atoms with Crippen LogP contribution in [0.3, 0.4) is 0 Å². The highest BCUT2D eigenvalue weighted by Crippen LogP contribution is 2.18. The van der Waals surface area contributed by atoms with E-state index in [0.717, 1.165) is 17.0 Å². The minimum Gasteiger partial charge on any atom is -0.462 e. The number of carbonyl (C=O) groups excluding carboxylic acids is 2. The first-order chi connectivity index (χ1) is 11.2. The number of nitrogens with one attached hydrogen (secondary N) is 1. The average molecular weight is 356 g/mol. The van der Waals surface area contributed by atoms with Crippen molar-refractivity contribution in [2.24, 2.45) is 0 Å². The Kier molecular flexibility index (Phi) is 7.21. The number of hydrogen-bond acceptors (Lipinski definition) is 5. The van der Waals surface area contributed by atoms with Gasteiger partial charge >= 0.3 is 5.97 Å². The van der Waals surface area contributed by atoms with Crippen LogP contribution in [0.15, 0.2) is 24.3 Å². The van der Waals surface area contributed by atoms with Gasteiger partial charge in [0.25, 0.3) is 0 Å². The van der Waals surface area contributed by atoms with E-state index in [0.29, 0.717) is 11.3 Å². The van der Waals surface area contributed by atoms with Crippen LogP contribution in [-0.2, 0) is 19.6 Å². The number of hydrogen-bond donors (Lipinski definition) is 1. The second kappa shape index (κ2) is 8.68. The van der Waals surface area contributed by atoms with Crippen molar-refractivity contribution in [3.63, 3.8) is 0 Å². The molecular weight excluding hydrogens is 332 g/mol. The molecule has 0 aliphatic carbocycles. The van der Waals surface area contributed by atoms with Gasteiger partial charge in [0, 0.05) is 6.04 Å². The number of rotatable bonds is 8. The molecule has 0 radical (unpaired) electrons. The Labute approximate surface area is 143 Å². The summed E-state index contributed by atoms with van der Waals surface area (Å²) < 4.78 is 29.9. The fourth-order valence-corrected chi connectivity index (χ4v) is 2.79. The van der Waals surface area contributed by atoms with Crippen molar-refractivity contribution in [3.05, 3.63) is 29.8 Å². The molecule has 0 aromatic heterocycles. The summed E-state index contributed by atoms with van der Waals surface area (Å²) >= 11 is 0. The molecule has 1 unspecified atom stereocenters. The molecule has 1 atom stereocenters. The lowest BCUT2D eigenvalue weighted by molar-refractivity contribution is -0.120. The van der Waals surface area contributed by atoms with Gasteiger partial charge in [-0.15, -0.1) is 0 Å². The zero-order valence-electron chi connectivity index (χ0n) is 14.4. The molecule has 0 aliphatic rings. The number of esters is 1. The van der Waals surface area contributed by atoms with E-state index >= 15 is 0 Å². The molecule has 0 spiro atoms. The molecule has 1 aromatic rings. The Balaban J connectivity index is 2.97. The lowest BCUT2D eigenvalue weighted by Crippen LogP contribution is -2.43. The fourth-order valence-electron chi connectivity index (χ4n) is 1.93. The summed E-state index contributed by atoms with van der Waals surface area (Å²) in [5, 5.41) is 2.73. The van der Waals surface area contributed by atoms with Crippen LogP contribution < -0.4 is 9.62 Å². The van der Waals surface area contributed by atoms with E-state index in [-0.39, 0.29) is 25.1 Å². The predicted molar refractivity (Wildman–Crippen MR) is 92.5 cm³/mol. The van der Waals surface area contributed by atoms with Gasteiger partial charge in [-0.1, -0.05) is 6.92 Å². The maximum atomic E-state index is 12.0. The quantitative estimate of drug-likeness (QED) is 0.713. The smallest absolute Gasteiger partial charge is 0.338 e. The molecule has 1 rings (SSSR count). The normalized spacial score (nSPS) is 12.3. The average Bonchev–Trinajstić information content (AvgIpc) is 2.52. The van der Waals surface area contributed by atoms with Crippen LogP contribution in [0, 0.1) is 0 Å². The summed E-state index contributed by atoms with van der Waals surface area (Å²) in [4.78, 5) is 23.6. The lowest BCUT2D eigenvalue weighted by atomic mass is 10.2. The van der Waals surface area contributed by atoms with Gasteiger partial charge in [0.05, 0.1) is 24.1 Å². The molecule has 0 saturated heterocycles. The van der Waals surface area contributed by atoms with E-state index in [2.05, 4.69) is 5.32 Å². The molecule has 0 bridgehead atoms. The van der Waals surface area contributed by atoms with E-state index in [9.17, 15) is 18.0 Å². The number of carbonyl (C=O) groups is 2. The van der Waals surface area contributed by atoms with Gasteiger partial charge in [-0.25, -0.2) is 13.2 Å². The Hall–Kier alpha value is -2.09. The molecule has 24 heavy (non-hydrogen) atoms. The molecule has 0 heterocycles. The monoisotopic (exact) mass is 356 g/mol. The van der Waals surface area contributed by atoms with Crippen molar-refractivity contribution in [1.29, 1.82) is 0 Å². The number of sulfonamides is 1. The van der Waals surface area contributed by atoms with Crippen LogP contribution in [0.4, 0.5) is 5.69 Å². The molecular formula is C16H24N2O5S. The van der Waals surface area contributed by atoms with Gasteiger partial charge in [0.15, 0.2) is 0 Å². The summed E-state index contributed by atoms with van der Waals surface area (Å²) in [5.74, 6) is -0.867. The van der Waals surface area contributed by atoms with Crippen LogP contribution in [0.1, 0.15) is 37.6 Å². The Morgan fingerprint density at radius 2 is 1.79 bits per heavy atom. The Bertz CT molecular complexity index is 670. The number of nitrogens with zero attached hydrogens (tertiary/aromatic N) is 1. The first kappa shape index (κ1) is 20.0. The minimum absolute atomic E-state index is 0.0369. The zero-order valence-corrected chi connectivity index (χ0v) is 15.2. The van der Waals surface area contributed by atoms with Crippen LogP contribution >= 0.6 is 0 Å². The predicted octanol–water partition coefficient (Wildman–Crippen LogP) is 1.54. The molecule has 1 amide bonds. The fraction of sp³-hybridized carbons (Fsp3) is 0.500. The maximum absolute atomic E-state index is 12.0.